The summed E-state index contributed by atoms with van der Waals surface area (Å²) in [5.41, 5.74) is 2.07. The molecule has 0 saturated heterocycles. The molecule has 1 fully saturated rings. The lowest BCUT2D eigenvalue weighted by atomic mass is 9.87. The molecule has 5 nitrogen and oxygen atoms in total. The zero-order valence-electron chi connectivity index (χ0n) is 12.5. The predicted octanol–water partition coefficient (Wildman–Crippen LogP) is 1.63. The van der Waals surface area contributed by atoms with Gasteiger partial charge in [-0.25, -0.2) is 4.98 Å². The molecule has 0 aromatic carbocycles. The van der Waals surface area contributed by atoms with Crippen LogP contribution >= 0.6 is 0 Å². The second-order valence-corrected chi connectivity index (χ2v) is 6.48. The lowest BCUT2D eigenvalue weighted by Gasteiger charge is -2.27. The van der Waals surface area contributed by atoms with Crippen LogP contribution in [0.25, 0.3) is 0 Å². The van der Waals surface area contributed by atoms with E-state index in [0.717, 1.165) is 43.0 Å². The maximum atomic E-state index is 12.3. The average Bonchev–Trinajstić information content (AvgIpc) is 2.48. The molecule has 0 bridgehead atoms. The maximum absolute atomic E-state index is 12.3. The number of aliphatic hydroxyl groups excluding tert-OH is 1. The zero-order chi connectivity index (χ0) is 14.8. The number of fused-ring (bicyclic) bond motifs is 1. The van der Waals surface area contributed by atoms with Gasteiger partial charge < -0.3 is 10.4 Å². The number of nitrogens with one attached hydrogen (secondary N) is 1. The molecule has 1 amide bonds. The highest BCUT2D eigenvalue weighted by molar-refractivity contribution is 5.92. The molecule has 1 unspecified atom stereocenters. The molecule has 2 aliphatic carbocycles. The quantitative estimate of drug-likeness (QED) is 0.868. The first-order chi connectivity index (χ1) is 10.1. The van der Waals surface area contributed by atoms with Crippen molar-refractivity contribution in [3.63, 3.8) is 0 Å². The van der Waals surface area contributed by atoms with Gasteiger partial charge in [-0.1, -0.05) is 6.92 Å². The van der Waals surface area contributed by atoms with Crippen molar-refractivity contribution in [2.75, 3.05) is 0 Å². The number of aromatic nitrogens is 2. The van der Waals surface area contributed by atoms with Gasteiger partial charge in [-0.15, -0.1) is 0 Å². The molecule has 1 aromatic heterocycles. The van der Waals surface area contributed by atoms with Crippen molar-refractivity contribution in [2.45, 2.75) is 64.0 Å². The van der Waals surface area contributed by atoms with Crippen LogP contribution in [-0.4, -0.2) is 33.1 Å². The van der Waals surface area contributed by atoms with E-state index >= 15 is 0 Å². The number of hydrogen-bond acceptors (Lipinski definition) is 4. The molecule has 0 radical (unpaired) electrons. The molecule has 1 saturated carbocycles. The minimum Gasteiger partial charge on any atom is -0.393 e. The van der Waals surface area contributed by atoms with Crippen molar-refractivity contribution in [3.05, 3.63) is 23.3 Å². The molecule has 1 atom stereocenters. The molecule has 2 N–H and O–H groups in total. The van der Waals surface area contributed by atoms with Crippen LogP contribution in [0.5, 0.6) is 0 Å². The normalized spacial score (nSPS) is 28.8. The summed E-state index contributed by atoms with van der Waals surface area (Å²) in [6.07, 6.45) is 7.62. The lowest BCUT2D eigenvalue weighted by Crippen LogP contribution is -2.38. The summed E-state index contributed by atoms with van der Waals surface area (Å²) in [7, 11) is 0. The van der Waals surface area contributed by atoms with E-state index in [-0.39, 0.29) is 18.1 Å². The van der Waals surface area contributed by atoms with Crippen LogP contribution in [0.1, 0.15) is 60.9 Å². The summed E-state index contributed by atoms with van der Waals surface area (Å²) < 4.78 is 0. The Labute approximate surface area is 125 Å². The van der Waals surface area contributed by atoms with E-state index in [2.05, 4.69) is 22.2 Å². The second kappa shape index (κ2) is 6.10. The third kappa shape index (κ3) is 3.40. The van der Waals surface area contributed by atoms with Gasteiger partial charge in [0.1, 0.15) is 5.69 Å². The number of carbonyl (C=O) groups is 1. The number of amides is 1. The highest BCUT2D eigenvalue weighted by atomic mass is 16.3. The molecule has 1 aromatic rings. The van der Waals surface area contributed by atoms with Gasteiger partial charge in [0.2, 0.25) is 0 Å². The first kappa shape index (κ1) is 14.4. The van der Waals surface area contributed by atoms with Crippen molar-refractivity contribution in [1.29, 1.82) is 0 Å². The van der Waals surface area contributed by atoms with Gasteiger partial charge in [-0.3, -0.25) is 9.78 Å². The van der Waals surface area contributed by atoms with E-state index in [1.807, 2.05) is 0 Å². The van der Waals surface area contributed by atoms with E-state index in [0.29, 0.717) is 12.1 Å². The Bertz CT molecular complexity index is 524. The Morgan fingerprint density at radius 2 is 2.00 bits per heavy atom. The van der Waals surface area contributed by atoms with E-state index in [4.69, 9.17) is 0 Å². The Morgan fingerprint density at radius 1 is 1.24 bits per heavy atom. The Hall–Kier alpha value is -1.49. The molecule has 114 valence electrons. The Kier molecular flexibility index (Phi) is 4.19. The molecule has 1 heterocycles. The van der Waals surface area contributed by atoms with Gasteiger partial charge >= 0.3 is 0 Å². The van der Waals surface area contributed by atoms with Crippen LogP contribution in [0.15, 0.2) is 6.20 Å². The molecule has 21 heavy (non-hydrogen) atoms. The van der Waals surface area contributed by atoms with Crippen molar-refractivity contribution in [2.24, 2.45) is 5.92 Å². The first-order valence-corrected chi connectivity index (χ1v) is 7.95. The van der Waals surface area contributed by atoms with Crippen molar-refractivity contribution in [1.82, 2.24) is 15.3 Å². The van der Waals surface area contributed by atoms with Crippen molar-refractivity contribution in [3.8, 4) is 0 Å². The van der Waals surface area contributed by atoms with Crippen molar-refractivity contribution >= 4 is 5.91 Å². The predicted molar refractivity (Wildman–Crippen MR) is 79.0 cm³/mol. The van der Waals surface area contributed by atoms with Gasteiger partial charge in [-0.2, -0.15) is 0 Å². The fourth-order valence-corrected chi connectivity index (χ4v) is 3.23. The standard InChI is InChI=1S/C16H23N3O2/c1-10-2-4-11(5-3-10)18-16(21)15-9-17-13-7-6-12(20)8-14(13)19-15/h9-12,20H,2-8H2,1H3,(H,18,21). The minimum atomic E-state index is -0.357. The summed E-state index contributed by atoms with van der Waals surface area (Å²) in [5, 5.41) is 12.8. The molecule has 5 heteroatoms. The summed E-state index contributed by atoms with van der Waals surface area (Å²) in [6.45, 7) is 2.26. The van der Waals surface area contributed by atoms with Crippen LogP contribution in [0.4, 0.5) is 0 Å². The zero-order valence-corrected chi connectivity index (χ0v) is 12.5. The second-order valence-electron chi connectivity index (χ2n) is 6.48. The smallest absolute Gasteiger partial charge is 0.271 e. The number of nitrogens with zero attached hydrogens (tertiary/aromatic N) is 2. The third-order valence-electron chi connectivity index (χ3n) is 4.66. The number of hydrogen-bond donors (Lipinski definition) is 2. The van der Waals surface area contributed by atoms with E-state index < -0.39 is 0 Å². The largest absolute Gasteiger partial charge is 0.393 e. The highest BCUT2D eigenvalue weighted by Gasteiger charge is 2.23. The Balaban J connectivity index is 1.66. The van der Waals surface area contributed by atoms with E-state index in [9.17, 15) is 9.90 Å². The highest BCUT2D eigenvalue weighted by Crippen LogP contribution is 2.23. The van der Waals surface area contributed by atoms with Crippen LogP contribution in [0.2, 0.25) is 0 Å². The van der Waals surface area contributed by atoms with E-state index in [1.54, 1.807) is 6.20 Å². The molecular weight excluding hydrogens is 266 g/mol. The van der Waals surface area contributed by atoms with Crippen LogP contribution < -0.4 is 5.32 Å². The van der Waals surface area contributed by atoms with Crippen LogP contribution in [-0.2, 0) is 12.8 Å². The molecule has 0 aliphatic heterocycles. The fraction of sp³-hybridized carbons (Fsp3) is 0.688. The molecular formula is C16H23N3O2. The number of carbonyl (C=O) groups excluding carboxylic acids is 1. The SMILES string of the molecule is CC1CCC(NC(=O)c2cnc3c(n2)CC(O)CC3)CC1. The topological polar surface area (TPSA) is 75.1 Å². The summed E-state index contributed by atoms with van der Waals surface area (Å²) in [5.74, 6) is 0.632. The average molecular weight is 289 g/mol. The van der Waals surface area contributed by atoms with Gasteiger partial charge in [-0.05, 0) is 44.4 Å². The summed E-state index contributed by atoms with van der Waals surface area (Å²) >= 11 is 0. The van der Waals surface area contributed by atoms with Gasteiger partial charge in [0.25, 0.3) is 5.91 Å². The van der Waals surface area contributed by atoms with Crippen molar-refractivity contribution < 1.29 is 9.90 Å². The van der Waals surface area contributed by atoms with E-state index in [1.165, 1.54) is 12.8 Å². The summed E-state index contributed by atoms with van der Waals surface area (Å²) in [4.78, 5) is 21.0. The number of rotatable bonds is 2. The minimum absolute atomic E-state index is 0.134. The Morgan fingerprint density at radius 3 is 2.76 bits per heavy atom. The van der Waals surface area contributed by atoms with Gasteiger partial charge in [0.15, 0.2) is 0 Å². The summed E-state index contributed by atoms with van der Waals surface area (Å²) in [6, 6.07) is 0.261. The number of aliphatic hydroxyl groups is 1. The fourth-order valence-electron chi connectivity index (χ4n) is 3.23. The van der Waals surface area contributed by atoms with Gasteiger partial charge in [0.05, 0.1) is 23.7 Å². The van der Waals surface area contributed by atoms with Crippen LogP contribution in [0.3, 0.4) is 0 Å². The first-order valence-electron chi connectivity index (χ1n) is 7.95. The molecule has 3 rings (SSSR count). The molecule has 2 aliphatic rings. The van der Waals surface area contributed by atoms with Gasteiger partial charge in [0, 0.05) is 12.5 Å². The third-order valence-corrected chi connectivity index (χ3v) is 4.66. The van der Waals surface area contributed by atoms with Crippen LogP contribution in [0, 0.1) is 5.92 Å². The monoisotopic (exact) mass is 289 g/mol. The number of aryl methyl sites for hydroxylation is 1. The maximum Gasteiger partial charge on any atom is 0.271 e. The molecule has 0 spiro atoms. The lowest BCUT2D eigenvalue weighted by molar-refractivity contribution is 0.0916.